The van der Waals surface area contributed by atoms with Crippen LogP contribution in [0.2, 0.25) is 0 Å². The summed E-state index contributed by atoms with van der Waals surface area (Å²) in [4.78, 5) is 0. The molecule has 0 unspecified atom stereocenters. The summed E-state index contributed by atoms with van der Waals surface area (Å²) in [5.41, 5.74) is 1.72. The molecule has 0 aliphatic carbocycles. The number of rotatable bonds is 9. The Kier molecular flexibility index (Phi) is 6.10. The molecule has 4 nitrogen and oxygen atoms in total. The van der Waals surface area contributed by atoms with Gasteiger partial charge in [-0.3, -0.25) is 0 Å². The van der Waals surface area contributed by atoms with E-state index in [2.05, 4.69) is 24.0 Å². The highest BCUT2D eigenvalue weighted by atomic mass is 16.5. The molecule has 130 valence electrons. The molecule has 1 aromatic heterocycles. The first kappa shape index (κ1) is 18.1. The Morgan fingerprint density at radius 2 is 2.04 bits per heavy atom. The lowest BCUT2D eigenvalue weighted by Crippen LogP contribution is -2.32. The minimum Gasteiger partial charge on any atom is -0.495 e. The molecule has 2 aromatic rings. The maximum absolute atomic E-state index is 6.11. The minimum atomic E-state index is -0.570. The molecule has 1 aromatic carbocycles. The first-order valence-corrected chi connectivity index (χ1v) is 8.26. The molecule has 0 saturated carbocycles. The van der Waals surface area contributed by atoms with Crippen LogP contribution >= 0.6 is 0 Å². The van der Waals surface area contributed by atoms with Crippen LogP contribution in [0, 0.1) is 6.92 Å². The van der Waals surface area contributed by atoms with Crippen LogP contribution in [0.3, 0.4) is 0 Å². The molecule has 0 aliphatic heterocycles. The van der Waals surface area contributed by atoms with E-state index >= 15 is 0 Å². The monoisotopic (exact) mass is 329 g/mol. The van der Waals surface area contributed by atoms with Crippen molar-refractivity contribution in [3.8, 4) is 5.75 Å². The van der Waals surface area contributed by atoms with Gasteiger partial charge in [-0.25, -0.2) is 0 Å². The van der Waals surface area contributed by atoms with Gasteiger partial charge in [-0.2, -0.15) is 0 Å². The fourth-order valence-electron chi connectivity index (χ4n) is 2.36. The summed E-state index contributed by atoms with van der Waals surface area (Å²) >= 11 is 0. The van der Waals surface area contributed by atoms with E-state index in [9.17, 15) is 0 Å². The molecule has 1 heterocycles. The number of furan rings is 1. The molecule has 0 spiro atoms. The SMILES string of the molecule is C=C(OCC)C(C)(C)Oc1ccc(CNCc2ccco2)cc1C. The van der Waals surface area contributed by atoms with E-state index in [1.54, 1.807) is 6.26 Å². The number of benzene rings is 1. The number of aryl methyl sites for hydroxylation is 1. The van der Waals surface area contributed by atoms with E-state index in [4.69, 9.17) is 13.9 Å². The lowest BCUT2D eigenvalue weighted by atomic mass is 10.1. The van der Waals surface area contributed by atoms with Crippen molar-refractivity contribution in [3.05, 3.63) is 65.8 Å². The van der Waals surface area contributed by atoms with E-state index in [1.807, 2.05) is 45.9 Å². The molecule has 4 heteroatoms. The van der Waals surface area contributed by atoms with Crippen molar-refractivity contribution in [1.29, 1.82) is 0 Å². The van der Waals surface area contributed by atoms with Gasteiger partial charge in [0.05, 0.1) is 19.4 Å². The number of hydrogen-bond donors (Lipinski definition) is 1. The molecular weight excluding hydrogens is 302 g/mol. The minimum absolute atomic E-state index is 0.570. The third kappa shape index (κ3) is 4.90. The molecule has 1 N–H and O–H groups in total. The zero-order valence-electron chi connectivity index (χ0n) is 15.0. The molecule has 0 fully saturated rings. The Labute approximate surface area is 144 Å². The van der Waals surface area contributed by atoms with Crippen LogP contribution in [-0.2, 0) is 17.8 Å². The molecule has 0 atom stereocenters. The molecule has 0 bridgehead atoms. The summed E-state index contributed by atoms with van der Waals surface area (Å²) in [6, 6.07) is 10.1. The Hall–Kier alpha value is -2.20. The average Bonchev–Trinajstić information content (AvgIpc) is 3.03. The van der Waals surface area contributed by atoms with Gasteiger partial charge in [-0.1, -0.05) is 18.7 Å². The van der Waals surface area contributed by atoms with Crippen molar-refractivity contribution in [2.75, 3.05) is 6.61 Å². The summed E-state index contributed by atoms with van der Waals surface area (Å²) in [5.74, 6) is 2.41. The number of ether oxygens (including phenoxy) is 2. The van der Waals surface area contributed by atoms with Gasteiger partial charge in [0.25, 0.3) is 0 Å². The second-order valence-electron chi connectivity index (χ2n) is 6.25. The van der Waals surface area contributed by atoms with Gasteiger partial charge in [-0.15, -0.1) is 0 Å². The van der Waals surface area contributed by atoms with Crippen LogP contribution < -0.4 is 10.1 Å². The third-order valence-corrected chi connectivity index (χ3v) is 3.80. The maximum atomic E-state index is 6.11. The van der Waals surface area contributed by atoms with E-state index < -0.39 is 5.60 Å². The summed E-state index contributed by atoms with van der Waals surface area (Å²) < 4.78 is 16.9. The fourth-order valence-corrected chi connectivity index (χ4v) is 2.36. The van der Waals surface area contributed by atoms with Crippen LogP contribution in [0.25, 0.3) is 0 Å². The number of hydrogen-bond acceptors (Lipinski definition) is 4. The van der Waals surface area contributed by atoms with Crippen LogP contribution in [0.15, 0.2) is 53.4 Å². The second-order valence-corrected chi connectivity index (χ2v) is 6.25. The van der Waals surface area contributed by atoms with E-state index in [0.717, 1.165) is 23.6 Å². The highest BCUT2D eigenvalue weighted by molar-refractivity contribution is 5.37. The van der Waals surface area contributed by atoms with Gasteiger partial charge in [0.15, 0.2) is 5.60 Å². The highest BCUT2D eigenvalue weighted by Crippen LogP contribution is 2.28. The van der Waals surface area contributed by atoms with Crippen molar-refractivity contribution >= 4 is 0 Å². The van der Waals surface area contributed by atoms with Crippen molar-refractivity contribution in [2.45, 2.75) is 46.4 Å². The van der Waals surface area contributed by atoms with E-state index in [-0.39, 0.29) is 0 Å². The van der Waals surface area contributed by atoms with Gasteiger partial charge in [0.2, 0.25) is 0 Å². The van der Waals surface area contributed by atoms with Crippen molar-refractivity contribution in [1.82, 2.24) is 5.32 Å². The average molecular weight is 329 g/mol. The molecule has 0 radical (unpaired) electrons. The highest BCUT2D eigenvalue weighted by Gasteiger charge is 2.26. The first-order valence-electron chi connectivity index (χ1n) is 8.26. The lowest BCUT2D eigenvalue weighted by Gasteiger charge is -2.29. The molecule has 24 heavy (non-hydrogen) atoms. The van der Waals surface area contributed by atoms with Gasteiger partial charge >= 0.3 is 0 Å². The zero-order chi connectivity index (χ0) is 17.6. The van der Waals surface area contributed by atoms with Gasteiger partial charge in [0, 0.05) is 6.54 Å². The van der Waals surface area contributed by atoms with Crippen molar-refractivity contribution in [3.63, 3.8) is 0 Å². The smallest absolute Gasteiger partial charge is 0.159 e. The molecule has 2 rings (SSSR count). The lowest BCUT2D eigenvalue weighted by molar-refractivity contribution is 0.0637. The quantitative estimate of drug-likeness (QED) is 0.684. The first-order chi connectivity index (χ1) is 11.4. The van der Waals surface area contributed by atoms with Crippen LogP contribution in [0.1, 0.15) is 37.7 Å². The largest absolute Gasteiger partial charge is 0.495 e. The van der Waals surface area contributed by atoms with Crippen LogP contribution in [0.5, 0.6) is 5.75 Å². The Morgan fingerprint density at radius 1 is 1.25 bits per heavy atom. The molecular formula is C20H27NO3. The summed E-state index contributed by atoms with van der Waals surface area (Å²) in [6.45, 7) is 13.9. The van der Waals surface area contributed by atoms with Gasteiger partial charge in [0.1, 0.15) is 17.3 Å². The third-order valence-electron chi connectivity index (χ3n) is 3.80. The number of nitrogens with one attached hydrogen (secondary N) is 1. The van der Waals surface area contributed by atoms with E-state index in [1.165, 1.54) is 5.56 Å². The zero-order valence-corrected chi connectivity index (χ0v) is 15.0. The van der Waals surface area contributed by atoms with Crippen molar-refractivity contribution in [2.24, 2.45) is 0 Å². The molecule has 0 aliphatic rings. The standard InChI is InChI=1S/C20H27NO3/c1-6-22-16(3)20(4,5)24-19-10-9-17(12-15(19)2)13-21-14-18-8-7-11-23-18/h7-12,21H,3,6,13-14H2,1-2,4-5H3. The second kappa shape index (κ2) is 8.06. The Balaban J connectivity index is 1.95. The topological polar surface area (TPSA) is 43.6 Å². The predicted molar refractivity (Wildman–Crippen MR) is 95.9 cm³/mol. The Bertz CT molecular complexity index is 660. The van der Waals surface area contributed by atoms with Gasteiger partial charge in [-0.05, 0) is 57.0 Å². The summed E-state index contributed by atoms with van der Waals surface area (Å²) in [6.07, 6.45) is 1.69. The van der Waals surface area contributed by atoms with Crippen molar-refractivity contribution < 1.29 is 13.9 Å². The Morgan fingerprint density at radius 3 is 2.67 bits per heavy atom. The predicted octanol–water partition coefficient (Wildman–Crippen LogP) is 4.59. The van der Waals surface area contributed by atoms with Crippen LogP contribution in [0.4, 0.5) is 0 Å². The molecule has 0 saturated heterocycles. The summed E-state index contributed by atoms with van der Waals surface area (Å²) in [5, 5.41) is 3.37. The maximum Gasteiger partial charge on any atom is 0.159 e. The van der Waals surface area contributed by atoms with E-state index in [0.29, 0.717) is 18.9 Å². The summed E-state index contributed by atoms with van der Waals surface area (Å²) in [7, 11) is 0. The molecule has 0 amide bonds. The van der Waals surface area contributed by atoms with Crippen LogP contribution in [-0.4, -0.2) is 12.2 Å². The normalized spacial score (nSPS) is 11.3. The van der Waals surface area contributed by atoms with Gasteiger partial charge < -0.3 is 19.2 Å². The fraction of sp³-hybridized carbons (Fsp3) is 0.400.